The van der Waals surface area contributed by atoms with Crippen molar-refractivity contribution in [3.63, 3.8) is 0 Å². The number of aryl methyl sites for hydroxylation is 1. The molecule has 0 saturated carbocycles. The molecule has 1 aliphatic rings. The summed E-state index contributed by atoms with van der Waals surface area (Å²) >= 11 is 0. The van der Waals surface area contributed by atoms with E-state index < -0.39 is 29.9 Å². The van der Waals surface area contributed by atoms with Crippen molar-refractivity contribution in [2.75, 3.05) is 23.9 Å². The number of methoxy groups -OCH3 is 1. The first-order valence-electron chi connectivity index (χ1n) is 12.2. The quantitative estimate of drug-likeness (QED) is 0.331. The molecular weight excluding hydrogens is 486 g/mol. The fourth-order valence-electron chi connectivity index (χ4n) is 4.24. The summed E-state index contributed by atoms with van der Waals surface area (Å²) in [4.78, 5) is 54.4. The topological polar surface area (TPSA) is 105 Å². The van der Waals surface area contributed by atoms with Gasteiger partial charge in [-0.2, -0.15) is 0 Å². The van der Waals surface area contributed by atoms with E-state index in [9.17, 15) is 19.2 Å². The van der Waals surface area contributed by atoms with E-state index in [1.807, 2.05) is 25.1 Å². The van der Waals surface area contributed by atoms with Gasteiger partial charge in [0, 0.05) is 12.2 Å². The number of nitrogens with zero attached hydrogens (tertiary/aromatic N) is 2. The van der Waals surface area contributed by atoms with Crippen LogP contribution in [0, 0.1) is 6.92 Å². The number of carbonyl (C=O) groups excluding carboxylic acids is 4. The minimum atomic E-state index is -0.996. The maximum atomic E-state index is 13.5. The summed E-state index contributed by atoms with van der Waals surface area (Å²) in [5.74, 6) is -0.692. The van der Waals surface area contributed by atoms with E-state index in [1.54, 1.807) is 68.6 Å². The molecule has 0 bridgehead atoms. The van der Waals surface area contributed by atoms with E-state index in [-0.39, 0.29) is 19.6 Å². The van der Waals surface area contributed by atoms with E-state index in [4.69, 9.17) is 9.47 Å². The van der Waals surface area contributed by atoms with Crippen LogP contribution in [-0.4, -0.2) is 48.5 Å². The minimum Gasteiger partial charge on any atom is -0.497 e. The van der Waals surface area contributed by atoms with Crippen LogP contribution in [0.15, 0.2) is 72.8 Å². The Labute approximate surface area is 220 Å². The van der Waals surface area contributed by atoms with Crippen molar-refractivity contribution in [2.24, 2.45) is 0 Å². The minimum absolute atomic E-state index is 0.142. The third-order valence-electron chi connectivity index (χ3n) is 6.15. The third-order valence-corrected chi connectivity index (χ3v) is 6.15. The van der Waals surface area contributed by atoms with Gasteiger partial charge in [0.15, 0.2) is 0 Å². The number of hydrogen-bond donors (Lipinski definition) is 1. The van der Waals surface area contributed by atoms with Crippen LogP contribution >= 0.6 is 0 Å². The molecule has 1 unspecified atom stereocenters. The number of carbonyl (C=O) groups is 4. The number of ether oxygens (including phenoxy) is 2. The Kier molecular flexibility index (Phi) is 8.06. The first-order valence-corrected chi connectivity index (χ1v) is 12.2. The number of benzene rings is 3. The second-order valence-corrected chi connectivity index (χ2v) is 8.84. The predicted octanol–water partition coefficient (Wildman–Crippen LogP) is 4.55. The maximum Gasteiger partial charge on any atom is 0.338 e. The first kappa shape index (κ1) is 26.4. The molecule has 3 aromatic rings. The van der Waals surface area contributed by atoms with E-state index in [2.05, 4.69) is 5.32 Å². The SMILES string of the molecule is CCOC(=O)c1ccc(NC(=O)CC2C(=O)N(c3cccc(C)c3)C(=O)N2Cc2ccc(OC)cc2)cc1. The van der Waals surface area contributed by atoms with Gasteiger partial charge < -0.3 is 19.7 Å². The van der Waals surface area contributed by atoms with Crippen LogP contribution in [-0.2, 0) is 20.9 Å². The number of urea groups is 1. The lowest BCUT2D eigenvalue weighted by molar-refractivity contribution is -0.124. The standard InChI is InChI=1S/C29H29N3O6/c1-4-38-28(35)21-10-12-22(13-11-21)30-26(33)17-25-27(34)32(23-7-5-6-19(2)16-23)29(36)31(25)18-20-8-14-24(37-3)15-9-20/h5-16,25H,4,17-18H2,1-3H3,(H,30,33). The van der Waals surface area contributed by atoms with Gasteiger partial charge in [-0.25, -0.2) is 14.5 Å². The van der Waals surface area contributed by atoms with Gasteiger partial charge in [0.25, 0.3) is 5.91 Å². The molecule has 1 fully saturated rings. The van der Waals surface area contributed by atoms with Crippen LogP contribution in [0.25, 0.3) is 0 Å². The molecule has 4 rings (SSSR count). The molecule has 0 radical (unpaired) electrons. The summed E-state index contributed by atoms with van der Waals surface area (Å²) in [6.45, 7) is 4.00. The van der Waals surface area contributed by atoms with Crippen LogP contribution < -0.4 is 15.0 Å². The zero-order chi connectivity index (χ0) is 27.2. The molecule has 1 N–H and O–H groups in total. The largest absolute Gasteiger partial charge is 0.497 e. The van der Waals surface area contributed by atoms with Crippen LogP contribution in [0.2, 0.25) is 0 Å². The molecule has 1 aliphatic heterocycles. The smallest absolute Gasteiger partial charge is 0.338 e. The number of rotatable bonds is 9. The summed E-state index contributed by atoms with van der Waals surface area (Å²) < 4.78 is 10.2. The molecule has 4 amide bonds. The lowest BCUT2D eigenvalue weighted by Crippen LogP contribution is -2.37. The zero-order valence-corrected chi connectivity index (χ0v) is 21.5. The predicted molar refractivity (Wildman–Crippen MR) is 142 cm³/mol. The Balaban J connectivity index is 1.55. The number of anilines is 2. The van der Waals surface area contributed by atoms with Gasteiger partial charge in [0.05, 0.1) is 31.4 Å². The van der Waals surface area contributed by atoms with Crippen molar-refractivity contribution in [2.45, 2.75) is 32.9 Å². The van der Waals surface area contributed by atoms with Crippen LogP contribution in [0.4, 0.5) is 16.2 Å². The zero-order valence-electron chi connectivity index (χ0n) is 21.5. The second-order valence-electron chi connectivity index (χ2n) is 8.84. The average molecular weight is 516 g/mol. The molecule has 9 nitrogen and oxygen atoms in total. The van der Waals surface area contributed by atoms with Crippen LogP contribution in [0.5, 0.6) is 5.75 Å². The van der Waals surface area contributed by atoms with Gasteiger partial charge in [-0.1, -0.05) is 24.3 Å². The molecule has 1 heterocycles. The summed E-state index contributed by atoms with van der Waals surface area (Å²) in [5, 5.41) is 2.75. The van der Waals surface area contributed by atoms with Gasteiger partial charge >= 0.3 is 12.0 Å². The molecular formula is C29H29N3O6. The van der Waals surface area contributed by atoms with Crippen molar-refractivity contribution in [1.29, 1.82) is 0 Å². The van der Waals surface area contributed by atoms with E-state index >= 15 is 0 Å². The van der Waals surface area contributed by atoms with Gasteiger partial charge in [0.2, 0.25) is 5.91 Å². The highest BCUT2D eigenvalue weighted by Gasteiger charge is 2.46. The fraction of sp³-hybridized carbons (Fsp3) is 0.241. The number of nitrogens with one attached hydrogen (secondary N) is 1. The average Bonchev–Trinajstić information content (AvgIpc) is 3.13. The highest BCUT2D eigenvalue weighted by atomic mass is 16.5. The van der Waals surface area contributed by atoms with Gasteiger partial charge in [0.1, 0.15) is 11.8 Å². The summed E-state index contributed by atoms with van der Waals surface area (Å²) in [6, 6.07) is 19.1. The lowest BCUT2D eigenvalue weighted by Gasteiger charge is -2.22. The molecule has 1 atom stereocenters. The number of hydrogen-bond acceptors (Lipinski definition) is 6. The van der Waals surface area contributed by atoms with E-state index in [0.717, 1.165) is 16.0 Å². The molecule has 9 heteroatoms. The second kappa shape index (κ2) is 11.6. The van der Waals surface area contributed by atoms with E-state index in [1.165, 1.54) is 4.90 Å². The Hall–Kier alpha value is -4.66. The number of esters is 1. The monoisotopic (exact) mass is 515 g/mol. The summed E-state index contributed by atoms with van der Waals surface area (Å²) in [5.41, 5.74) is 2.96. The maximum absolute atomic E-state index is 13.5. The number of amides is 4. The Bertz CT molecular complexity index is 1340. The molecule has 0 spiro atoms. The van der Waals surface area contributed by atoms with Crippen molar-refractivity contribution in [3.8, 4) is 5.75 Å². The molecule has 196 valence electrons. The molecule has 1 saturated heterocycles. The normalized spacial score (nSPS) is 15.0. The number of imide groups is 1. The molecule has 0 aromatic heterocycles. The van der Waals surface area contributed by atoms with Crippen molar-refractivity contribution >= 4 is 35.2 Å². The third kappa shape index (κ3) is 5.83. The molecule has 0 aliphatic carbocycles. The summed E-state index contributed by atoms with van der Waals surface area (Å²) in [6.07, 6.45) is -0.233. The summed E-state index contributed by atoms with van der Waals surface area (Å²) in [7, 11) is 1.57. The van der Waals surface area contributed by atoms with Gasteiger partial charge in [-0.15, -0.1) is 0 Å². The fourth-order valence-corrected chi connectivity index (χ4v) is 4.24. The van der Waals surface area contributed by atoms with Crippen LogP contribution in [0.3, 0.4) is 0 Å². The molecule has 38 heavy (non-hydrogen) atoms. The Morgan fingerprint density at radius 3 is 2.32 bits per heavy atom. The van der Waals surface area contributed by atoms with E-state index in [0.29, 0.717) is 22.7 Å². The van der Waals surface area contributed by atoms with Crippen molar-refractivity contribution in [3.05, 3.63) is 89.5 Å². The highest BCUT2D eigenvalue weighted by molar-refractivity contribution is 6.22. The Morgan fingerprint density at radius 1 is 0.974 bits per heavy atom. The van der Waals surface area contributed by atoms with Crippen molar-refractivity contribution in [1.82, 2.24) is 4.90 Å². The first-order chi connectivity index (χ1) is 18.3. The van der Waals surface area contributed by atoms with Gasteiger partial charge in [-0.05, 0) is 73.5 Å². The lowest BCUT2D eigenvalue weighted by atomic mass is 10.1. The van der Waals surface area contributed by atoms with Gasteiger partial charge in [-0.3, -0.25) is 9.59 Å². The van der Waals surface area contributed by atoms with Crippen LogP contribution in [0.1, 0.15) is 34.8 Å². The highest BCUT2D eigenvalue weighted by Crippen LogP contribution is 2.29. The van der Waals surface area contributed by atoms with Crippen molar-refractivity contribution < 1.29 is 28.7 Å². The molecule has 3 aromatic carbocycles. The Morgan fingerprint density at radius 2 is 1.68 bits per heavy atom.